The summed E-state index contributed by atoms with van der Waals surface area (Å²) in [5, 5.41) is 7.41. The van der Waals surface area contributed by atoms with E-state index in [1.165, 1.54) is 56.6 Å². The molecule has 0 aliphatic heterocycles. The molecule has 4 heterocycles. The number of fused-ring (bicyclic) bond motifs is 9. The van der Waals surface area contributed by atoms with Crippen molar-refractivity contribution in [3.8, 4) is 39.9 Å². The molecule has 11 aromatic rings. The number of aromatic nitrogens is 4. The van der Waals surface area contributed by atoms with Gasteiger partial charge in [-0.2, -0.15) is 0 Å². The summed E-state index contributed by atoms with van der Waals surface area (Å²) < 4.78 is 7.36. The third kappa shape index (κ3) is 4.54. The second-order valence-corrected chi connectivity index (χ2v) is 15.0. The highest BCUT2D eigenvalue weighted by Crippen LogP contribution is 2.39. The predicted molar refractivity (Wildman–Crippen MR) is 216 cm³/mol. The molecule has 0 aliphatic rings. The fraction of sp³-hybridized carbons (Fsp3) is 0. The molecule has 0 aliphatic carbocycles. The van der Waals surface area contributed by atoms with Crippen molar-refractivity contribution in [1.29, 1.82) is 0 Å². The molecule has 0 radical (unpaired) electrons. The van der Waals surface area contributed by atoms with Crippen LogP contribution < -0.4 is 0 Å². The number of para-hydroxylation sites is 2. The number of benzene rings is 7. The molecule has 51 heavy (non-hydrogen) atoms. The normalized spacial score (nSPS) is 11.9. The second-order valence-electron chi connectivity index (χ2n) is 12.8. The van der Waals surface area contributed by atoms with E-state index in [-0.39, 0.29) is 0 Å². The maximum atomic E-state index is 5.21. The molecule has 0 fully saturated rings. The van der Waals surface area contributed by atoms with Gasteiger partial charge in [0.1, 0.15) is 0 Å². The number of thiophene rings is 2. The first-order valence-corrected chi connectivity index (χ1v) is 18.6. The van der Waals surface area contributed by atoms with Crippen LogP contribution >= 0.6 is 22.7 Å². The summed E-state index contributed by atoms with van der Waals surface area (Å²) in [5.74, 6) is 1.97. The van der Waals surface area contributed by atoms with E-state index in [0.717, 1.165) is 27.9 Å². The molecule has 6 heteroatoms. The Bertz CT molecular complexity index is 3150. The van der Waals surface area contributed by atoms with Gasteiger partial charge in [-0.15, -0.1) is 22.7 Å². The van der Waals surface area contributed by atoms with E-state index in [4.69, 9.17) is 15.0 Å². The van der Waals surface area contributed by atoms with Gasteiger partial charge in [-0.05, 0) is 60.7 Å². The fourth-order valence-corrected chi connectivity index (χ4v) is 9.69. The van der Waals surface area contributed by atoms with Gasteiger partial charge in [0.05, 0.1) is 11.0 Å². The Morgan fingerprint density at radius 1 is 0.333 bits per heavy atom. The molecular formula is C45H26N4S2. The van der Waals surface area contributed by atoms with Crippen molar-refractivity contribution in [3.05, 3.63) is 158 Å². The summed E-state index contributed by atoms with van der Waals surface area (Å²) in [6.07, 6.45) is 0. The standard InChI is InChI=1S/C45H26N4S2/c1-2-10-30(11-3-1)49-37-15-7-4-12-31(37)32-21-18-28(25-38(32)49)44-46-43(27-20-23-41-36(24-27)34-14-6-9-17-40(34)50-41)47-45(48-44)29-19-22-35-33-13-5-8-16-39(33)51-42(35)26-29/h1-26H. The van der Waals surface area contributed by atoms with Gasteiger partial charge < -0.3 is 4.57 Å². The van der Waals surface area contributed by atoms with Gasteiger partial charge in [0.2, 0.25) is 0 Å². The molecule has 0 spiro atoms. The van der Waals surface area contributed by atoms with Crippen LogP contribution in [0.2, 0.25) is 0 Å². The summed E-state index contributed by atoms with van der Waals surface area (Å²) in [6, 6.07) is 56.1. The number of hydrogen-bond donors (Lipinski definition) is 0. The van der Waals surface area contributed by atoms with Gasteiger partial charge in [0.25, 0.3) is 0 Å². The molecule has 7 aromatic carbocycles. The van der Waals surface area contributed by atoms with Crippen LogP contribution in [0.4, 0.5) is 0 Å². The largest absolute Gasteiger partial charge is 0.309 e. The Balaban J connectivity index is 1.15. The molecule has 4 aromatic heterocycles. The van der Waals surface area contributed by atoms with E-state index in [2.05, 4.69) is 162 Å². The highest BCUT2D eigenvalue weighted by atomic mass is 32.1. The smallest absolute Gasteiger partial charge is 0.164 e. The Hall–Kier alpha value is -6.21. The zero-order chi connectivity index (χ0) is 33.5. The van der Waals surface area contributed by atoms with Crippen LogP contribution in [-0.4, -0.2) is 19.5 Å². The lowest BCUT2D eigenvalue weighted by molar-refractivity contribution is 1.07. The van der Waals surface area contributed by atoms with Crippen molar-refractivity contribution in [2.75, 3.05) is 0 Å². The second kappa shape index (κ2) is 11.2. The summed E-state index contributed by atoms with van der Waals surface area (Å²) in [6.45, 7) is 0. The molecule has 0 saturated heterocycles. The third-order valence-electron chi connectivity index (χ3n) is 9.85. The Kier molecular flexibility index (Phi) is 6.26. The fourth-order valence-electron chi connectivity index (χ4n) is 7.46. The average molecular weight is 687 g/mol. The SMILES string of the molecule is c1ccc(-n2c3ccccc3c3ccc(-c4nc(-c5ccc6c(c5)sc5ccccc56)nc(-c5ccc6sc7ccccc7c6c5)n4)cc32)cc1. The quantitative estimate of drug-likeness (QED) is 0.185. The van der Waals surface area contributed by atoms with Gasteiger partial charge in [-0.25, -0.2) is 15.0 Å². The molecule has 0 N–H and O–H groups in total. The van der Waals surface area contributed by atoms with Crippen LogP contribution in [0, 0.1) is 0 Å². The number of nitrogens with zero attached hydrogens (tertiary/aromatic N) is 4. The summed E-state index contributed by atoms with van der Waals surface area (Å²) >= 11 is 3.62. The summed E-state index contributed by atoms with van der Waals surface area (Å²) in [4.78, 5) is 15.6. The summed E-state index contributed by atoms with van der Waals surface area (Å²) in [7, 11) is 0. The van der Waals surface area contributed by atoms with E-state index in [1.807, 2.05) is 11.3 Å². The Morgan fingerprint density at radius 3 is 1.57 bits per heavy atom. The van der Waals surface area contributed by atoms with Crippen molar-refractivity contribution in [2.24, 2.45) is 0 Å². The molecule has 0 amide bonds. The molecular weight excluding hydrogens is 661 g/mol. The average Bonchev–Trinajstić information content (AvgIpc) is 3.86. The van der Waals surface area contributed by atoms with Crippen LogP contribution in [-0.2, 0) is 0 Å². The van der Waals surface area contributed by atoms with Gasteiger partial charge in [-0.1, -0.05) is 97.1 Å². The van der Waals surface area contributed by atoms with E-state index < -0.39 is 0 Å². The zero-order valence-corrected chi connectivity index (χ0v) is 28.7. The molecule has 0 unspecified atom stereocenters. The lowest BCUT2D eigenvalue weighted by atomic mass is 10.1. The highest BCUT2D eigenvalue weighted by molar-refractivity contribution is 7.26. The van der Waals surface area contributed by atoms with Crippen LogP contribution in [0.15, 0.2) is 158 Å². The molecule has 4 nitrogen and oxygen atoms in total. The Morgan fingerprint density at radius 2 is 0.824 bits per heavy atom. The van der Waals surface area contributed by atoms with Gasteiger partial charge >= 0.3 is 0 Å². The molecule has 238 valence electrons. The minimum Gasteiger partial charge on any atom is -0.309 e. The minimum atomic E-state index is 0.647. The van der Waals surface area contributed by atoms with Gasteiger partial charge in [-0.3, -0.25) is 0 Å². The maximum absolute atomic E-state index is 5.21. The van der Waals surface area contributed by atoms with Crippen molar-refractivity contribution in [2.45, 2.75) is 0 Å². The van der Waals surface area contributed by atoms with Crippen LogP contribution in [0.3, 0.4) is 0 Å². The van der Waals surface area contributed by atoms with Crippen molar-refractivity contribution >= 4 is 84.8 Å². The number of hydrogen-bond acceptors (Lipinski definition) is 5. The molecule has 11 rings (SSSR count). The minimum absolute atomic E-state index is 0.647. The van der Waals surface area contributed by atoms with Crippen LogP contribution in [0.1, 0.15) is 0 Å². The first-order chi connectivity index (χ1) is 25.2. The Labute approximate surface area is 300 Å². The van der Waals surface area contributed by atoms with Gasteiger partial charge in [0, 0.05) is 73.5 Å². The van der Waals surface area contributed by atoms with Crippen molar-refractivity contribution in [1.82, 2.24) is 19.5 Å². The highest BCUT2D eigenvalue weighted by Gasteiger charge is 2.18. The van der Waals surface area contributed by atoms with Crippen LogP contribution in [0.5, 0.6) is 0 Å². The predicted octanol–water partition coefficient (Wildman–Crippen LogP) is 12.7. The van der Waals surface area contributed by atoms with Crippen LogP contribution in [0.25, 0.3) is 102 Å². The molecule has 0 saturated carbocycles. The zero-order valence-electron chi connectivity index (χ0n) is 27.1. The van der Waals surface area contributed by atoms with Gasteiger partial charge in [0.15, 0.2) is 17.5 Å². The summed E-state index contributed by atoms with van der Waals surface area (Å²) in [5.41, 5.74) is 6.28. The van der Waals surface area contributed by atoms with E-state index >= 15 is 0 Å². The lowest BCUT2D eigenvalue weighted by Gasteiger charge is -2.10. The lowest BCUT2D eigenvalue weighted by Crippen LogP contribution is -2.00. The van der Waals surface area contributed by atoms with E-state index in [9.17, 15) is 0 Å². The first kappa shape index (κ1) is 28.6. The van der Waals surface area contributed by atoms with E-state index in [0.29, 0.717) is 17.5 Å². The van der Waals surface area contributed by atoms with Crippen molar-refractivity contribution in [3.63, 3.8) is 0 Å². The maximum Gasteiger partial charge on any atom is 0.164 e. The topological polar surface area (TPSA) is 43.6 Å². The van der Waals surface area contributed by atoms with Crippen molar-refractivity contribution < 1.29 is 0 Å². The molecule has 0 bridgehead atoms. The number of rotatable bonds is 4. The monoisotopic (exact) mass is 686 g/mol. The third-order valence-corrected chi connectivity index (χ3v) is 12.1. The van der Waals surface area contributed by atoms with E-state index in [1.54, 1.807) is 11.3 Å². The first-order valence-electron chi connectivity index (χ1n) is 16.9. The molecule has 0 atom stereocenters.